The Balaban J connectivity index is 0.000000404. The lowest BCUT2D eigenvalue weighted by molar-refractivity contribution is -0.193. The summed E-state index contributed by atoms with van der Waals surface area (Å²) in [5.74, 6) is -4.06. The number of aromatic nitrogens is 4. The molecule has 0 aliphatic carbocycles. The zero-order chi connectivity index (χ0) is 28.4. The molecule has 3 heterocycles. The van der Waals surface area contributed by atoms with Crippen molar-refractivity contribution in [2.24, 2.45) is 11.7 Å². The zero-order valence-corrected chi connectivity index (χ0v) is 19.5. The van der Waals surface area contributed by atoms with E-state index in [1.807, 2.05) is 10.8 Å². The van der Waals surface area contributed by atoms with E-state index in [2.05, 4.69) is 21.9 Å². The summed E-state index contributed by atoms with van der Waals surface area (Å²) in [6, 6.07) is 1.68. The first-order chi connectivity index (χ1) is 17.1. The minimum absolute atomic E-state index is 0.0888. The molecule has 1 saturated heterocycles. The molecule has 2 aromatic heterocycles. The summed E-state index contributed by atoms with van der Waals surface area (Å²) in [5, 5.41) is 18.6. The molecular weight excluding hydrogens is 518 g/mol. The van der Waals surface area contributed by atoms with Crippen molar-refractivity contribution < 1.29 is 46.1 Å². The number of carbonyl (C=O) groups is 2. The minimum atomic E-state index is -5.08. The van der Waals surface area contributed by atoms with Gasteiger partial charge in [0.25, 0.3) is 5.56 Å². The molecule has 1 aliphatic heterocycles. The molecule has 17 heteroatoms. The molecule has 0 bridgehead atoms. The lowest BCUT2D eigenvalue weighted by Crippen LogP contribution is -2.37. The third-order valence-electron chi connectivity index (χ3n) is 5.09. The predicted molar refractivity (Wildman–Crippen MR) is 117 cm³/mol. The summed E-state index contributed by atoms with van der Waals surface area (Å²) in [4.78, 5) is 36.7. The van der Waals surface area contributed by atoms with Gasteiger partial charge in [-0.1, -0.05) is 0 Å². The van der Waals surface area contributed by atoms with Crippen molar-refractivity contribution in [2.75, 3.05) is 24.5 Å². The number of anilines is 1. The van der Waals surface area contributed by atoms with Gasteiger partial charge in [0.2, 0.25) is 0 Å². The van der Waals surface area contributed by atoms with Crippen molar-refractivity contribution in [2.45, 2.75) is 45.2 Å². The number of nitrogens with zero attached hydrogens (tertiary/aromatic N) is 5. The van der Waals surface area contributed by atoms with Gasteiger partial charge < -0.3 is 25.4 Å². The maximum atomic E-state index is 12.3. The maximum Gasteiger partial charge on any atom is 0.490 e. The number of nitrogens with two attached hydrogens (primary N) is 1. The standard InChI is InChI=1S/C16H24N6O.2C2HF3O2/c1-2-20-8-5-18-15(20)12-22-16(23)9-14(11-19-22)21-6-3-13(10-17)4-7-21;2*3-2(4,5)1(6)7/h5,8-9,11,13H,2-4,6-7,10,12,17H2,1H3;2*(H,6,7). The van der Waals surface area contributed by atoms with Crippen molar-refractivity contribution >= 4 is 17.6 Å². The fourth-order valence-electron chi connectivity index (χ4n) is 3.06. The number of hydrogen-bond donors (Lipinski definition) is 3. The van der Waals surface area contributed by atoms with E-state index in [1.165, 1.54) is 4.68 Å². The van der Waals surface area contributed by atoms with Crippen LogP contribution in [0.5, 0.6) is 0 Å². The molecule has 0 unspecified atom stereocenters. The van der Waals surface area contributed by atoms with Gasteiger partial charge in [0.15, 0.2) is 0 Å². The molecule has 0 amide bonds. The molecule has 0 aromatic carbocycles. The lowest BCUT2D eigenvalue weighted by Gasteiger charge is -2.32. The van der Waals surface area contributed by atoms with Crippen LogP contribution in [0.25, 0.3) is 0 Å². The van der Waals surface area contributed by atoms with Crippen molar-refractivity contribution in [1.29, 1.82) is 0 Å². The molecule has 11 nitrogen and oxygen atoms in total. The monoisotopic (exact) mass is 544 g/mol. The summed E-state index contributed by atoms with van der Waals surface area (Å²) in [7, 11) is 0. The van der Waals surface area contributed by atoms with Crippen LogP contribution in [-0.4, -0.2) is 73.5 Å². The second-order valence-electron chi connectivity index (χ2n) is 7.61. The van der Waals surface area contributed by atoms with E-state index in [1.54, 1.807) is 18.5 Å². The number of imidazole rings is 1. The molecule has 0 radical (unpaired) electrons. The smallest absolute Gasteiger partial charge is 0.475 e. The van der Waals surface area contributed by atoms with E-state index in [9.17, 15) is 31.1 Å². The van der Waals surface area contributed by atoms with Gasteiger partial charge in [-0.15, -0.1) is 0 Å². The van der Waals surface area contributed by atoms with Crippen LogP contribution in [0.2, 0.25) is 0 Å². The molecule has 3 rings (SSSR count). The van der Waals surface area contributed by atoms with E-state index in [0.29, 0.717) is 12.5 Å². The SMILES string of the molecule is CCn1ccnc1Cn1ncc(N2CCC(CN)CC2)cc1=O.O=C(O)C(F)(F)F.O=C(O)C(F)(F)F. The van der Waals surface area contributed by atoms with Crippen LogP contribution in [0.3, 0.4) is 0 Å². The summed E-state index contributed by atoms with van der Waals surface area (Å²) in [5.41, 5.74) is 6.54. The summed E-state index contributed by atoms with van der Waals surface area (Å²) in [6.07, 6.45) is -2.57. The number of rotatable bonds is 5. The third kappa shape index (κ3) is 10.5. The quantitative estimate of drug-likeness (QED) is 0.479. The van der Waals surface area contributed by atoms with Crippen LogP contribution in [0.4, 0.5) is 32.0 Å². The Bertz CT molecular complexity index is 1050. The number of carboxylic acids is 2. The van der Waals surface area contributed by atoms with Gasteiger partial charge in [0.05, 0.1) is 11.9 Å². The molecule has 37 heavy (non-hydrogen) atoms. The van der Waals surface area contributed by atoms with Crippen LogP contribution >= 0.6 is 0 Å². The van der Waals surface area contributed by atoms with Gasteiger partial charge in [-0.05, 0) is 32.2 Å². The van der Waals surface area contributed by atoms with E-state index in [4.69, 9.17) is 25.5 Å². The topological polar surface area (TPSA) is 157 Å². The molecule has 208 valence electrons. The Morgan fingerprint density at radius 1 is 1.08 bits per heavy atom. The first-order valence-electron chi connectivity index (χ1n) is 10.7. The Kier molecular flexibility index (Phi) is 11.6. The summed E-state index contributed by atoms with van der Waals surface area (Å²) < 4.78 is 66.9. The molecule has 0 saturated carbocycles. The first-order valence-corrected chi connectivity index (χ1v) is 10.7. The zero-order valence-electron chi connectivity index (χ0n) is 19.5. The Morgan fingerprint density at radius 3 is 2.00 bits per heavy atom. The summed E-state index contributed by atoms with van der Waals surface area (Å²) >= 11 is 0. The average Bonchev–Trinajstić information content (AvgIpc) is 3.27. The first kappa shape index (κ1) is 31.4. The Hall–Kier alpha value is -3.63. The third-order valence-corrected chi connectivity index (χ3v) is 5.09. The van der Waals surface area contributed by atoms with E-state index < -0.39 is 24.3 Å². The lowest BCUT2D eigenvalue weighted by atomic mass is 9.97. The van der Waals surface area contributed by atoms with Crippen molar-refractivity contribution in [3.8, 4) is 0 Å². The second kappa shape index (κ2) is 13.6. The van der Waals surface area contributed by atoms with Crippen molar-refractivity contribution in [3.63, 3.8) is 0 Å². The van der Waals surface area contributed by atoms with E-state index in [-0.39, 0.29) is 5.56 Å². The van der Waals surface area contributed by atoms with Gasteiger partial charge in [-0.25, -0.2) is 19.3 Å². The largest absolute Gasteiger partial charge is 0.490 e. The summed E-state index contributed by atoms with van der Waals surface area (Å²) in [6.45, 7) is 5.90. The number of aliphatic carboxylic acids is 2. The van der Waals surface area contributed by atoms with Crippen LogP contribution in [0.1, 0.15) is 25.6 Å². The molecule has 1 aliphatic rings. The van der Waals surface area contributed by atoms with Crippen molar-refractivity contribution in [3.05, 3.63) is 40.8 Å². The number of aryl methyl sites for hydroxylation is 1. The number of hydrogen-bond acceptors (Lipinski definition) is 7. The average molecular weight is 544 g/mol. The number of alkyl halides is 6. The highest BCUT2D eigenvalue weighted by Crippen LogP contribution is 2.21. The Morgan fingerprint density at radius 2 is 1.59 bits per heavy atom. The molecule has 0 atom stereocenters. The van der Waals surface area contributed by atoms with Gasteiger partial charge >= 0.3 is 24.3 Å². The second-order valence-corrected chi connectivity index (χ2v) is 7.61. The Labute approximate surface area is 206 Å². The van der Waals surface area contributed by atoms with Gasteiger partial charge in [0, 0.05) is 38.1 Å². The van der Waals surface area contributed by atoms with Gasteiger partial charge in [-0.3, -0.25) is 4.79 Å². The fourth-order valence-corrected chi connectivity index (χ4v) is 3.06. The number of carboxylic acid groups (broad SMARTS) is 2. The van der Waals surface area contributed by atoms with E-state index in [0.717, 1.165) is 50.5 Å². The maximum absolute atomic E-state index is 12.3. The van der Waals surface area contributed by atoms with E-state index >= 15 is 0 Å². The minimum Gasteiger partial charge on any atom is -0.475 e. The number of piperidine rings is 1. The molecule has 2 aromatic rings. The fraction of sp³-hybridized carbons (Fsp3) is 0.550. The molecule has 0 spiro atoms. The molecule has 4 N–H and O–H groups in total. The van der Waals surface area contributed by atoms with Crippen LogP contribution in [-0.2, 0) is 22.7 Å². The highest BCUT2D eigenvalue weighted by molar-refractivity contribution is 5.73. The van der Waals surface area contributed by atoms with Gasteiger partial charge in [-0.2, -0.15) is 31.4 Å². The number of halogens is 6. The van der Waals surface area contributed by atoms with Crippen LogP contribution < -0.4 is 16.2 Å². The van der Waals surface area contributed by atoms with Gasteiger partial charge in [0.1, 0.15) is 12.4 Å². The predicted octanol–water partition coefficient (Wildman–Crippen LogP) is 1.95. The highest BCUT2D eigenvalue weighted by atomic mass is 19.4. The van der Waals surface area contributed by atoms with Crippen LogP contribution in [0.15, 0.2) is 29.5 Å². The molecule has 1 fully saturated rings. The molecular formula is C20H26F6N6O5. The van der Waals surface area contributed by atoms with Crippen molar-refractivity contribution in [1.82, 2.24) is 19.3 Å². The van der Waals surface area contributed by atoms with Crippen LogP contribution in [0, 0.1) is 5.92 Å². The highest BCUT2D eigenvalue weighted by Gasteiger charge is 2.38. The normalized spacial score (nSPS) is 14.2.